The van der Waals surface area contributed by atoms with E-state index < -0.39 is 5.97 Å². The molecule has 0 aromatic heterocycles. The summed E-state index contributed by atoms with van der Waals surface area (Å²) in [6, 6.07) is 5.09. The summed E-state index contributed by atoms with van der Waals surface area (Å²) in [5.74, 6) is 0.0898. The lowest BCUT2D eigenvalue weighted by Gasteiger charge is -2.19. The molecule has 0 heterocycles. The Labute approximate surface area is 131 Å². The van der Waals surface area contributed by atoms with E-state index in [-0.39, 0.29) is 12.3 Å². The number of methoxy groups -OCH3 is 2. The normalized spacial score (nSPS) is 9.95. The molecule has 0 fully saturated rings. The first-order chi connectivity index (χ1) is 10.5. The van der Waals surface area contributed by atoms with Crippen LogP contribution in [0.4, 0.5) is 0 Å². The molecule has 0 unspecified atom stereocenters. The zero-order valence-corrected chi connectivity index (χ0v) is 13.4. The fourth-order valence-corrected chi connectivity index (χ4v) is 2.06. The van der Waals surface area contributed by atoms with Crippen LogP contribution in [0.25, 0.3) is 0 Å². The highest BCUT2D eigenvalue weighted by molar-refractivity contribution is 5.96. The van der Waals surface area contributed by atoms with Crippen LogP contribution >= 0.6 is 0 Å². The maximum absolute atomic E-state index is 12.5. The number of carbonyl (C=O) groups is 2. The average molecular weight is 305 g/mol. The summed E-state index contributed by atoms with van der Waals surface area (Å²) in [6.07, 6.45) is 3.58. The van der Waals surface area contributed by atoms with Gasteiger partial charge in [-0.2, -0.15) is 0 Å². The molecule has 22 heavy (non-hydrogen) atoms. The molecule has 0 bridgehead atoms. The molecule has 0 aliphatic heterocycles. The Morgan fingerprint density at radius 1 is 1.32 bits per heavy atom. The van der Waals surface area contributed by atoms with E-state index in [4.69, 9.17) is 4.74 Å². The Morgan fingerprint density at radius 3 is 2.64 bits per heavy atom. The molecule has 5 heteroatoms. The van der Waals surface area contributed by atoms with Gasteiger partial charge in [-0.05, 0) is 36.6 Å². The second-order valence-electron chi connectivity index (χ2n) is 4.93. The SMILES string of the molecule is C=CCCCN(C)C(=O)c1ccc(OC)cc1CC(=O)OC. The van der Waals surface area contributed by atoms with Crippen molar-refractivity contribution in [3.05, 3.63) is 42.0 Å². The molecule has 0 saturated heterocycles. The van der Waals surface area contributed by atoms with Crippen molar-refractivity contribution in [3.63, 3.8) is 0 Å². The van der Waals surface area contributed by atoms with Gasteiger partial charge in [-0.15, -0.1) is 6.58 Å². The van der Waals surface area contributed by atoms with Gasteiger partial charge in [-0.1, -0.05) is 6.08 Å². The molecule has 0 saturated carbocycles. The second-order valence-corrected chi connectivity index (χ2v) is 4.93. The fourth-order valence-electron chi connectivity index (χ4n) is 2.06. The van der Waals surface area contributed by atoms with Gasteiger partial charge < -0.3 is 14.4 Å². The van der Waals surface area contributed by atoms with Gasteiger partial charge in [0.25, 0.3) is 5.91 Å². The summed E-state index contributed by atoms with van der Waals surface area (Å²) < 4.78 is 9.84. The van der Waals surface area contributed by atoms with E-state index in [0.29, 0.717) is 23.4 Å². The van der Waals surface area contributed by atoms with Crippen LogP contribution in [0.3, 0.4) is 0 Å². The van der Waals surface area contributed by atoms with Crippen molar-refractivity contribution in [2.24, 2.45) is 0 Å². The first-order valence-corrected chi connectivity index (χ1v) is 7.13. The number of carbonyl (C=O) groups excluding carboxylic acids is 2. The maximum Gasteiger partial charge on any atom is 0.310 e. The van der Waals surface area contributed by atoms with Crippen LogP contribution in [0.1, 0.15) is 28.8 Å². The van der Waals surface area contributed by atoms with Crippen molar-refractivity contribution in [2.45, 2.75) is 19.3 Å². The number of allylic oxidation sites excluding steroid dienone is 1. The number of hydrogen-bond donors (Lipinski definition) is 0. The van der Waals surface area contributed by atoms with E-state index in [2.05, 4.69) is 11.3 Å². The lowest BCUT2D eigenvalue weighted by Crippen LogP contribution is -2.29. The Hall–Kier alpha value is -2.30. The van der Waals surface area contributed by atoms with Crippen LogP contribution in [0, 0.1) is 0 Å². The van der Waals surface area contributed by atoms with Gasteiger partial charge in [0.1, 0.15) is 5.75 Å². The van der Waals surface area contributed by atoms with Gasteiger partial charge >= 0.3 is 5.97 Å². The zero-order valence-electron chi connectivity index (χ0n) is 13.4. The Balaban J connectivity index is 2.97. The summed E-state index contributed by atoms with van der Waals surface area (Å²) in [7, 11) is 4.61. The van der Waals surface area contributed by atoms with Crippen LogP contribution in [0.2, 0.25) is 0 Å². The molecule has 120 valence electrons. The summed E-state index contributed by atoms with van der Waals surface area (Å²) >= 11 is 0. The number of unbranched alkanes of at least 4 members (excludes halogenated alkanes) is 1. The molecule has 0 spiro atoms. The predicted molar refractivity (Wildman–Crippen MR) is 85.1 cm³/mol. The third-order valence-electron chi connectivity index (χ3n) is 3.35. The molecule has 1 aromatic rings. The molecule has 1 aromatic carbocycles. The number of benzene rings is 1. The Bertz CT molecular complexity index is 539. The van der Waals surface area contributed by atoms with Crippen molar-refractivity contribution in [2.75, 3.05) is 27.8 Å². The zero-order chi connectivity index (χ0) is 16.5. The predicted octanol–water partition coefficient (Wildman–Crippen LogP) is 2.45. The topological polar surface area (TPSA) is 55.8 Å². The maximum atomic E-state index is 12.5. The quantitative estimate of drug-likeness (QED) is 0.420. The van der Waals surface area contributed by atoms with Gasteiger partial charge in [0.15, 0.2) is 0 Å². The van der Waals surface area contributed by atoms with E-state index in [9.17, 15) is 9.59 Å². The van der Waals surface area contributed by atoms with Crippen molar-refractivity contribution in [1.82, 2.24) is 4.90 Å². The van der Waals surface area contributed by atoms with Gasteiger partial charge in [-0.3, -0.25) is 9.59 Å². The number of hydrogen-bond acceptors (Lipinski definition) is 4. The van der Waals surface area contributed by atoms with E-state index in [1.54, 1.807) is 37.3 Å². The molecule has 5 nitrogen and oxygen atoms in total. The van der Waals surface area contributed by atoms with Gasteiger partial charge in [0.05, 0.1) is 20.6 Å². The van der Waals surface area contributed by atoms with Crippen molar-refractivity contribution >= 4 is 11.9 Å². The summed E-state index contributed by atoms with van der Waals surface area (Å²) in [4.78, 5) is 25.7. The fraction of sp³-hybridized carbons (Fsp3) is 0.412. The molecule has 0 radical (unpaired) electrons. The monoisotopic (exact) mass is 305 g/mol. The standard InChI is InChI=1S/C17H23NO4/c1-5-6-7-10-18(2)17(20)15-9-8-14(21-3)11-13(15)12-16(19)22-4/h5,8-9,11H,1,6-7,10,12H2,2-4H3. The molecule has 0 N–H and O–H groups in total. The number of esters is 1. The van der Waals surface area contributed by atoms with Gasteiger partial charge in [0.2, 0.25) is 0 Å². The Kier molecular flexibility index (Phi) is 7.16. The highest BCUT2D eigenvalue weighted by Gasteiger charge is 2.18. The van der Waals surface area contributed by atoms with E-state index >= 15 is 0 Å². The first-order valence-electron chi connectivity index (χ1n) is 7.13. The number of ether oxygens (including phenoxy) is 2. The summed E-state index contributed by atoms with van der Waals surface area (Å²) in [6.45, 7) is 4.30. The van der Waals surface area contributed by atoms with Crippen LogP contribution in [0.15, 0.2) is 30.9 Å². The molecular weight excluding hydrogens is 282 g/mol. The molecule has 1 rings (SSSR count). The summed E-state index contributed by atoms with van der Waals surface area (Å²) in [5.41, 5.74) is 1.10. The van der Waals surface area contributed by atoms with Crippen LogP contribution in [-0.4, -0.2) is 44.6 Å². The van der Waals surface area contributed by atoms with E-state index in [1.807, 2.05) is 6.08 Å². The van der Waals surface area contributed by atoms with Crippen LogP contribution in [0.5, 0.6) is 5.75 Å². The molecule has 1 amide bonds. The van der Waals surface area contributed by atoms with Crippen LogP contribution in [-0.2, 0) is 16.0 Å². The minimum atomic E-state index is -0.392. The van der Waals surface area contributed by atoms with Gasteiger partial charge in [-0.25, -0.2) is 0 Å². The van der Waals surface area contributed by atoms with Crippen molar-refractivity contribution in [1.29, 1.82) is 0 Å². The molecule has 0 aliphatic carbocycles. The number of rotatable bonds is 8. The van der Waals surface area contributed by atoms with Crippen molar-refractivity contribution in [3.8, 4) is 5.75 Å². The number of nitrogens with zero attached hydrogens (tertiary/aromatic N) is 1. The Morgan fingerprint density at radius 2 is 2.05 bits per heavy atom. The lowest BCUT2D eigenvalue weighted by atomic mass is 10.0. The average Bonchev–Trinajstić information content (AvgIpc) is 2.54. The first kappa shape index (κ1) is 17.8. The summed E-state index contributed by atoms with van der Waals surface area (Å²) in [5, 5.41) is 0. The highest BCUT2D eigenvalue weighted by atomic mass is 16.5. The third kappa shape index (κ3) is 4.91. The minimum absolute atomic E-state index is 0.0370. The van der Waals surface area contributed by atoms with E-state index in [1.165, 1.54) is 7.11 Å². The van der Waals surface area contributed by atoms with Crippen molar-refractivity contribution < 1.29 is 19.1 Å². The minimum Gasteiger partial charge on any atom is -0.497 e. The lowest BCUT2D eigenvalue weighted by molar-refractivity contribution is -0.139. The smallest absolute Gasteiger partial charge is 0.310 e. The van der Waals surface area contributed by atoms with Gasteiger partial charge in [0, 0.05) is 19.2 Å². The van der Waals surface area contributed by atoms with Crippen LogP contribution < -0.4 is 4.74 Å². The molecule has 0 aliphatic rings. The second kappa shape index (κ2) is 8.87. The third-order valence-corrected chi connectivity index (χ3v) is 3.35. The molecular formula is C17H23NO4. The highest BCUT2D eigenvalue weighted by Crippen LogP contribution is 2.20. The number of amides is 1. The molecule has 0 atom stereocenters. The van der Waals surface area contributed by atoms with E-state index in [0.717, 1.165) is 12.8 Å². The largest absolute Gasteiger partial charge is 0.497 e.